The van der Waals surface area contributed by atoms with Gasteiger partial charge >= 0.3 is 5.97 Å². The first-order valence-electron chi connectivity index (χ1n) is 5.57. The third kappa shape index (κ3) is 4.31. The minimum atomic E-state index is -0.517. The molecule has 0 aromatic heterocycles. The summed E-state index contributed by atoms with van der Waals surface area (Å²) in [5.74, 6) is 0.586. The van der Waals surface area contributed by atoms with Crippen LogP contribution < -0.4 is 0 Å². The van der Waals surface area contributed by atoms with Gasteiger partial charge in [0.15, 0.2) is 0 Å². The second kappa shape index (κ2) is 6.47. The van der Waals surface area contributed by atoms with Crippen LogP contribution in [-0.4, -0.2) is 49.0 Å². The molecule has 0 saturated carbocycles. The molecule has 0 spiro atoms. The van der Waals surface area contributed by atoms with Gasteiger partial charge in [-0.05, 0) is 20.8 Å². The number of carbonyl (C=O) groups is 1. The van der Waals surface area contributed by atoms with Gasteiger partial charge in [0.25, 0.3) is 0 Å². The van der Waals surface area contributed by atoms with Gasteiger partial charge in [0.2, 0.25) is 0 Å². The van der Waals surface area contributed by atoms with Gasteiger partial charge in [-0.2, -0.15) is 0 Å². The molecule has 0 bridgehead atoms. The summed E-state index contributed by atoms with van der Waals surface area (Å²) >= 11 is 1.55. The van der Waals surface area contributed by atoms with E-state index in [1.807, 2.05) is 20.8 Å². The molecule has 0 radical (unpaired) electrons. The van der Waals surface area contributed by atoms with Gasteiger partial charge in [-0.25, -0.2) is 0 Å². The van der Waals surface area contributed by atoms with Crippen molar-refractivity contribution in [3.8, 4) is 0 Å². The number of rotatable bonds is 5. The fourth-order valence-corrected chi connectivity index (χ4v) is 2.27. The van der Waals surface area contributed by atoms with Gasteiger partial charge < -0.3 is 14.2 Å². The predicted molar refractivity (Wildman–Crippen MR) is 63.7 cm³/mol. The molecule has 4 nitrogen and oxygen atoms in total. The first-order valence-corrected chi connectivity index (χ1v) is 6.55. The van der Waals surface area contributed by atoms with Crippen molar-refractivity contribution in [3.63, 3.8) is 0 Å². The lowest BCUT2D eigenvalue weighted by molar-refractivity contribution is -0.145. The minimum absolute atomic E-state index is 0.0902. The molecule has 0 aliphatic carbocycles. The van der Waals surface area contributed by atoms with Gasteiger partial charge in [0.1, 0.15) is 4.75 Å². The number of hydrogen-bond donors (Lipinski definition) is 0. The van der Waals surface area contributed by atoms with Crippen molar-refractivity contribution in [1.82, 2.24) is 0 Å². The van der Waals surface area contributed by atoms with E-state index >= 15 is 0 Å². The summed E-state index contributed by atoms with van der Waals surface area (Å²) in [6.45, 7) is 7.92. The molecular weight excluding hydrogens is 228 g/mol. The molecule has 1 atom stereocenters. The first-order chi connectivity index (χ1) is 7.56. The van der Waals surface area contributed by atoms with Crippen LogP contribution in [0.5, 0.6) is 0 Å². The van der Waals surface area contributed by atoms with Gasteiger partial charge in [0, 0.05) is 5.75 Å². The molecule has 0 aromatic carbocycles. The summed E-state index contributed by atoms with van der Waals surface area (Å²) in [7, 11) is 0. The smallest absolute Gasteiger partial charge is 0.321 e. The predicted octanol–water partition coefficient (Wildman–Crippen LogP) is 1.48. The SMILES string of the molecule is CCOC(=O)C(C)(C)SCC1COCCO1. The molecule has 1 rings (SSSR count). The van der Waals surface area contributed by atoms with Crippen LogP contribution in [0, 0.1) is 0 Å². The van der Waals surface area contributed by atoms with E-state index in [9.17, 15) is 4.79 Å². The Morgan fingerprint density at radius 2 is 2.25 bits per heavy atom. The molecule has 1 aliphatic heterocycles. The van der Waals surface area contributed by atoms with Gasteiger partial charge in [-0.15, -0.1) is 11.8 Å². The Morgan fingerprint density at radius 3 is 2.81 bits per heavy atom. The van der Waals surface area contributed by atoms with Crippen LogP contribution in [0.2, 0.25) is 0 Å². The Labute approximate surface area is 101 Å². The molecule has 16 heavy (non-hydrogen) atoms. The normalized spacial score (nSPS) is 21.8. The zero-order valence-electron chi connectivity index (χ0n) is 10.2. The highest BCUT2D eigenvalue weighted by molar-refractivity contribution is 8.01. The molecule has 0 aromatic rings. The summed E-state index contributed by atoms with van der Waals surface area (Å²) in [5, 5.41) is 0. The lowest BCUT2D eigenvalue weighted by Gasteiger charge is -2.27. The maximum atomic E-state index is 11.6. The maximum absolute atomic E-state index is 11.6. The standard InChI is InChI=1S/C11H20O4S/c1-4-14-10(12)11(2,3)16-8-9-7-13-5-6-15-9/h9H,4-8H2,1-3H3. The van der Waals surface area contributed by atoms with Crippen LogP contribution in [0.1, 0.15) is 20.8 Å². The second-order valence-corrected chi connectivity index (χ2v) is 5.75. The Bertz CT molecular complexity index is 224. The number of hydrogen-bond acceptors (Lipinski definition) is 5. The van der Waals surface area contributed by atoms with Crippen molar-refractivity contribution in [1.29, 1.82) is 0 Å². The van der Waals surface area contributed by atoms with Crippen molar-refractivity contribution in [3.05, 3.63) is 0 Å². The molecule has 1 aliphatic rings. The second-order valence-electron chi connectivity index (χ2n) is 4.11. The van der Waals surface area contributed by atoms with E-state index in [2.05, 4.69) is 0 Å². The van der Waals surface area contributed by atoms with Crippen molar-refractivity contribution >= 4 is 17.7 Å². The van der Waals surface area contributed by atoms with Gasteiger partial charge in [-0.3, -0.25) is 4.79 Å². The summed E-state index contributed by atoms with van der Waals surface area (Å²) in [6, 6.07) is 0. The van der Waals surface area contributed by atoms with E-state index in [-0.39, 0.29) is 12.1 Å². The molecule has 0 amide bonds. The minimum Gasteiger partial charge on any atom is -0.465 e. The highest BCUT2D eigenvalue weighted by Crippen LogP contribution is 2.27. The average molecular weight is 248 g/mol. The monoisotopic (exact) mass is 248 g/mol. The van der Waals surface area contributed by atoms with E-state index < -0.39 is 4.75 Å². The molecule has 0 N–H and O–H groups in total. The Balaban J connectivity index is 2.31. The highest BCUT2D eigenvalue weighted by atomic mass is 32.2. The average Bonchev–Trinajstić information content (AvgIpc) is 2.28. The zero-order chi connectivity index (χ0) is 12.0. The van der Waals surface area contributed by atoms with Crippen LogP contribution in [0.15, 0.2) is 0 Å². The van der Waals surface area contributed by atoms with Crippen LogP contribution in [-0.2, 0) is 19.0 Å². The van der Waals surface area contributed by atoms with Gasteiger partial charge in [-0.1, -0.05) is 0 Å². The van der Waals surface area contributed by atoms with Crippen LogP contribution in [0.4, 0.5) is 0 Å². The van der Waals surface area contributed by atoms with E-state index in [0.717, 1.165) is 5.75 Å². The lowest BCUT2D eigenvalue weighted by Crippen LogP contribution is -2.35. The molecule has 5 heteroatoms. The first kappa shape index (κ1) is 13.8. The molecule has 94 valence electrons. The molecule has 1 heterocycles. The Hall–Kier alpha value is -0.260. The third-order valence-electron chi connectivity index (χ3n) is 2.28. The molecular formula is C11H20O4S. The highest BCUT2D eigenvalue weighted by Gasteiger charge is 2.31. The fourth-order valence-electron chi connectivity index (χ4n) is 1.30. The fraction of sp³-hybridized carbons (Fsp3) is 0.909. The van der Waals surface area contributed by atoms with Crippen molar-refractivity contribution < 1.29 is 19.0 Å². The summed E-state index contributed by atoms with van der Waals surface area (Å²) in [4.78, 5) is 11.6. The van der Waals surface area contributed by atoms with Crippen LogP contribution >= 0.6 is 11.8 Å². The summed E-state index contributed by atoms with van der Waals surface area (Å²) in [5.41, 5.74) is 0. The lowest BCUT2D eigenvalue weighted by atomic mass is 10.2. The molecule has 1 unspecified atom stereocenters. The quantitative estimate of drug-likeness (QED) is 0.690. The Morgan fingerprint density at radius 1 is 1.50 bits per heavy atom. The number of carbonyl (C=O) groups excluding carboxylic acids is 1. The van der Waals surface area contributed by atoms with E-state index in [4.69, 9.17) is 14.2 Å². The largest absolute Gasteiger partial charge is 0.465 e. The van der Waals surface area contributed by atoms with Crippen LogP contribution in [0.25, 0.3) is 0 Å². The van der Waals surface area contributed by atoms with E-state index in [0.29, 0.717) is 26.4 Å². The molecule has 1 saturated heterocycles. The van der Waals surface area contributed by atoms with Crippen molar-refractivity contribution in [2.75, 3.05) is 32.2 Å². The summed E-state index contributed by atoms with van der Waals surface area (Å²) in [6.07, 6.45) is 0.0902. The molecule has 1 fully saturated rings. The van der Waals surface area contributed by atoms with Crippen LogP contribution in [0.3, 0.4) is 0 Å². The number of esters is 1. The maximum Gasteiger partial charge on any atom is 0.321 e. The number of ether oxygens (including phenoxy) is 3. The van der Waals surface area contributed by atoms with Crippen molar-refractivity contribution in [2.24, 2.45) is 0 Å². The topological polar surface area (TPSA) is 44.8 Å². The third-order valence-corrected chi connectivity index (χ3v) is 3.71. The van der Waals surface area contributed by atoms with E-state index in [1.54, 1.807) is 11.8 Å². The van der Waals surface area contributed by atoms with E-state index in [1.165, 1.54) is 0 Å². The summed E-state index contributed by atoms with van der Waals surface area (Å²) < 4.78 is 15.3. The zero-order valence-corrected chi connectivity index (χ0v) is 11.0. The van der Waals surface area contributed by atoms with Gasteiger partial charge in [0.05, 0.1) is 32.5 Å². The van der Waals surface area contributed by atoms with Crippen molar-refractivity contribution in [2.45, 2.75) is 31.6 Å². The number of thioether (sulfide) groups is 1. The Kier molecular flexibility index (Phi) is 5.58.